The summed E-state index contributed by atoms with van der Waals surface area (Å²) in [7, 11) is 0. The average Bonchev–Trinajstić information content (AvgIpc) is 0.784. The van der Waals surface area contributed by atoms with Crippen molar-refractivity contribution >= 4 is 87.2 Å². The van der Waals surface area contributed by atoms with Crippen molar-refractivity contribution in [2.75, 3.05) is 0 Å². The number of benzene rings is 9. The van der Waals surface area contributed by atoms with E-state index in [-0.39, 0.29) is 0 Å². The van der Waals surface area contributed by atoms with Gasteiger partial charge in [0.25, 0.3) is 0 Å². The molecule has 0 saturated heterocycles. The number of aromatic nitrogens is 10. The first-order chi connectivity index (χ1) is 48.5. The Morgan fingerprint density at radius 3 is 1.07 bits per heavy atom. The number of fused-ring (bicyclic) bond motifs is 10. The molecule has 0 N–H and O–H groups in total. The van der Waals surface area contributed by atoms with Crippen molar-refractivity contribution in [3.8, 4) is 101 Å². The van der Waals surface area contributed by atoms with E-state index >= 15 is 0 Å². The highest BCUT2D eigenvalue weighted by molar-refractivity contribution is 6.08. The second-order valence-electron chi connectivity index (χ2n) is 24.4. The average molecular weight is 1250 g/mol. The van der Waals surface area contributed by atoms with Crippen molar-refractivity contribution in [2.45, 2.75) is 0 Å². The van der Waals surface area contributed by atoms with Crippen molar-refractivity contribution < 1.29 is 0 Å². The summed E-state index contributed by atoms with van der Waals surface area (Å²) in [4.78, 5) is 47.9. The standard InChI is InChI=1S/C47H29N5.C41H25N5/c1-2-5-30(6-3-1)41-22-17-34-13-14-35-18-23-42(52-47(35)46(34)51-41)32-10-8-31(9-11-32)40-25-20-38-27-36(19-24-43(38)49-40)37-15-12-33-16-21-44(50-45(33)28-37)39-7-4-26-48-29-39;1-4-33(25-42-20-1)38-16-12-28-9-10-31(24-39(28)46-38)30-13-17-37-32(23-30)14-18-36(45-37)27-7-5-26(6-8-27)34-19-22-44-41-35(34)15-11-29-3-2-21-43-40(29)41/h1-29H;1-25H. The Kier molecular flexibility index (Phi) is 14.3. The number of rotatable bonds is 9. The lowest BCUT2D eigenvalue weighted by Crippen LogP contribution is -1.91. The monoisotopic (exact) mass is 1250 g/mol. The van der Waals surface area contributed by atoms with E-state index in [1.54, 1.807) is 12.4 Å². The Balaban J connectivity index is 0.000000143. The smallest absolute Gasteiger partial charge is 0.0972 e. The van der Waals surface area contributed by atoms with Crippen LogP contribution in [0.2, 0.25) is 0 Å². The molecule has 0 atom stereocenters. The molecule has 0 aliphatic rings. The van der Waals surface area contributed by atoms with Gasteiger partial charge in [-0.25, -0.2) is 29.9 Å². The zero-order valence-electron chi connectivity index (χ0n) is 52.6. The largest absolute Gasteiger partial charge is 0.264 e. The molecule has 10 heteroatoms. The van der Waals surface area contributed by atoms with Gasteiger partial charge in [-0.1, -0.05) is 182 Å². The minimum absolute atomic E-state index is 0.905. The molecule has 0 aliphatic carbocycles. The Labute approximate surface area is 563 Å². The molecule has 0 unspecified atom stereocenters. The fourth-order valence-electron chi connectivity index (χ4n) is 13.2. The molecule has 9 aromatic carbocycles. The van der Waals surface area contributed by atoms with Crippen molar-refractivity contribution in [1.29, 1.82) is 0 Å². The van der Waals surface area contributed by atoms with Crippen LogP contribution in [0.5, 0.6) is 0 Å². The lowest BCUT2D eigenvalue weighted by molar-refractivity contribution is 1.30. The van der Waals surface area contributed by atoms with Crippen LogP contribution in [0, 0.1) is 0 Å². The van der Waals surface area contributed by atoms with Crippen molar-refractivity contribution in [2.24, 2.45) is 0 Å². The van der Waals surface area contributed by atoms with Gasteiger partial charge in [0.2, 0.25) is 0 Å². The number of hydrogen-bond acceptors (Lipinski definition) is 10. The van der Waals surface area contributed by atoms with Crippen LogP contribution in [0.15, 0.2) is 328 Å². The van der Waals surface area contributed by atoms with Crippen LogP contribution in [-0.2, 0) is 0 Å². The first-order valence-electron chi connectivity index (χ1n) is 32.5. The molecule has 10 heterocycles. The van der Waals surface area contributed by atoms with Gasteiger partial charge < -0.3 is 0 Å². The van der Waals surface area contributed by atoms with Gasteiger partial charge in [0.15, 0.2) is 0 Å². The molecule has 19 aromatic rings. The molecule has 0 amide bonds. The molecule has 0 saturated carbocycles. The fourth-order valence-corrected chi connectivity index (χ4v) is 13.2. The highest BCUT2D eigenvalue weighted by atomic mass is 14.8. The highest BCUT2D eigenvalue weighted by Crippen LogP contribution is 2.37. The molecule has 0 spiro atoms. The Hall–Kier alpha value is -13.4. The maximum atomic E-state index is 5.14. The molecule has 0 radical (unpaired) electrons. The highest BCUT2D eigenvalue weighted by Gasteiger charge is 2.15. The van der Waals surface area contributed by atoms with Gasteiger partial charge in [0.1, 0.15) is 0 Å². The van der Waals surface area contributed by atoms with E-state index in [1.165, 1.54) is 0 Å². The van der Waals surface area contributed by atoms with Crippen LogP contribution >= 0.6 is 0 Å². The van der Waals surface area contributed by atoms with Gasteiger partial charge in [0.05, 0.1) is 78.3 Å². The zero-order valence-corrected chi connectivity index (χ0v) is 52.6. The summed E-state index contributed by atoms with van der Waals surface area (Å²) in [6.07, 6.45) is 10.9. The molecule has 0 bridgehead atoms. The van der Waals surface area contributed by atoms with E-state index in [4.69, 9.17) is 29.9 Å². The molecular formula is C88H54N10. The summed E-state index contributed by atoms with van der Waals surface area (Å²) < 4.78 is 0. The first kappa shape index (κ1) is 57.2. The van der Waals surface area contributed by atoms with Gasteiger partial charge in [-0.2, -0.15) is 0 Å². The van der Waals surface area contributed by atoms with Gasteiger partial charge in [-0.05, 0) is 143 Å². The Morgan fingerprint density at radius 1 is 0.184 bits per heavy atom. The topological polar surface area (TPSA) is 129 Å². The number of hydrogen-bond donors (Lipinski definition) is 0. The van der Waals surface area contributed by atoms with Crippen LogP contribution in [0.1, 0.15) is 0 Å². The van der Waals surface area contributed by atoms with Gasteiger partial charge >= 0.3 is 0 Å². The molecule has 10 aromatic heterocycles. The number of nitrogens with zero attached hydrogens (tertiary/aromatic N) is 10. The molecule has 0 aliphatic heterocycles. The fraction of sp³-hybridized carbons (Fsp3) is 0. The Bertz CT molecular complexity index is 6290. The predicted molar refractivity (Wildman–Crippen MR) is 400 cm³/mol. The van der Waals surface area contributed by atoms with Crippen molar-refractivity contribution in [1.82, 2.24) is 49.8 Å². The predicted octanol–water partition coefficient (Wildman–Crippen LogP) is 21.6. The van der Waals surface area contributed by atoms with Gasteiger partial charge in [-0.15, -0.1) is 0 Å². The quantitative estimate of drug-likeness (QED) is 0.129. The summed E-state index contributed by atoms with van der Waals surface area (Å²) in [5.74, 6) is 0. The summed E-state index contributed by atoms with van der Waals surface area (Å²) in [5, 5.41) is 8.73. The van der Waals surface area contributed by atoms with Crippen molar-refractivity contribution in [3.05, 3.63) is 328 Å². The molecule has 456 valence electrons. The summed E-state index contributed by atoms with van der Waals surface area (Å²) >= 11 is 0. The maximum Gasteiger partial charge on any atom is 0.0972 e. The van der Waals surface area contributed by atoms with E-state index in [2.05, 4.69) is 250 Å². The minimum atomic E-state index is 0.905. The zero-order chi connectivity index (χ0) is 64.9. The van der Waals surface area contributed by atoms with Crippen LogP contribution in [0.4, 0.5) is 0 Å². The minimum Gasteiger partial charge on any atom is -0.264 e. The summed E-state index contributed by atoms with van der Waals surface area (Å²) in [6, 6.07) is 101. The van der Waals surface area contributed by atoms with E-state index in [1.807, 2.05) is 85.5 Å². The molecule has 19 rings (SSSR count). The van der Waals surface area contributed by atoms with E-state index in [0.717, 1.165) is 188 Å². The van der Waals surface area contributed by atoms with Gasteiger partial charge in [-0.3, -0.25) is 19.9 Å². The van der Waals surface area contributed by atoms with E-state index < -0.39 is 0 Å². The normalized spacial score (nSPS) is 11.5. The molecule has 10 nitrogen and oxygen atoms in total. The SMILES string of the molecule is c1ccc(-c2ccc3ccc4ccc(-c5ccc(-c6ccc7cc(-c8ccc9ccc(-c%10cccnc%10)nc9c8)ccc7n6)cc5)nc4c3n2)cc1.c1cncc(-c2ccc3ccc(-c4ccc5nc(-c6ccc(-c7ccnc8c7ccc7cccnc78)cc6)ccc5c4)cc3n2)c1. The van der Waals surface area contributed by atoms with Gasteiger partial charge in [0, 0.05) is 114 Å². The lowest BCUT2D eigenvalue weighted by Gasteiger charge is -2.10. The molecule has 0 fully saturated rings. The third kappa shape index (κ3) is 11.0. The summed E-state index contributed by atoms with van der Waals surface area (Å²) in [5.41, 5.74) is 26.1. The third-order valence-electron chi connectivity index (χ3n) is 18.4. The van der Waals surface area contributed by atoms with Crippen molar-refractivity contribution in [3.63, 3.8) is 0 Å². The third-order valence-corrected chi connectivity index (χ3v) is 18.4. The second-order valence-corrected chi connectivity index (χ2v) is 24.4. The second kappa shape index (κ2) is 24.5. The Morgan fingerprint density at radius 2 is 0.551 bits per heavy atom. The van der Waals surface area contributed by atoms with E-state index in [0.29, 0.717) is 0 Å². The van der Waals surface area contributed by atoms with E-state index in [9.17, 15) is 0 Å². The lowest BCUT2D eigenvalue weighted by atomic mass is 9.98. The molecule has 98 heavy (non-hydrogen) atoms. The maximum absolute atomic E-state index is 5.14. The van der Waals surface area contributed by atoms with Crippen LogP contribution in [0.25, 0.3) is 188 Å². The molecular weight excluding hydrogens is 1200 g/mol. The number of pyridine rings is 10. The van der Waals surface area contributed by atoms with Crippen LogP contribution in [-0.4, -0.2) is 49.8 Å². The first-order valence-corrected chi connectivity index (χ1v) is 32.5. The summed E-state index contributed by atoms with van der Waals surface area (Å²) in [6.45, 7) is 0. The van der Waals surface area contributed by atoms with Crippen LogP contribution < -0.4 is 0 Å². The van der Waals surface area contributed by atoms with Crippen LogP contribution in [0.3, 0.4) is 0 Å².